The first-order chi connectivity index (χ1) is 9.70. The monoisotopic (exact) mass is 353 g/mol. The van der Waals surface area contributed by atoms with Crippen molar-refractivity contribution in [2.45, 2.75) is 32.2 Å². The van der Waals surface area contributed by atoms with Crippen molar-refractivity contribution >= 4 is 15.9 Å². The molecule has 2 rings (SSSR count). The summed E-state index contributed by atoms with van der Waals surface area (Å²) in [6.45, 7) is 6.35. The summed E-state index contributed by atoms with van der Waals surface area (Å²) in [5.41, 5.74) is 8.19. The molecule has 2 aromatic carbocycles. The summed E-state index contributed by atoms with van der Waals surface area (Å²) in [5.74, 6) is -1.04. The van der Waals surface area contributed by atoms with E-state index in [1.165, 1.54) is 5.56 Å². The van der Waals surface area contributed by atoms with E-state index in [0.717, 1.165) is 17.7 Å². The van der Waals surface area contributed by atoms with Gasteiger partial charge in [0.15, 0.2) is 0 Å². The zero-order chi connectivity index (χ0) is 15.8. The van der Waals surface area contributed by atoms with Crippen molar-refractivity contribution in [3.05, 3.63) is 69.2 Å². The Balaban J connectivity index is 2.36. The third kappa shape index (κ3) is 3.50. The second-order valence-electron chi connectivity index (χ2n) is 6.14. The van der Waals surface area contributed by atoms with Crippen LogP contribution < -0.4 is 5.73 Å². The highest BCUT2D eigenvalue weighted by atomic mass is 79.9. The molecule has 0 aliphatic carbocycles. The molecule has 1 unspecified atom stereocenters. The molecule has 0 spiro atoms. The van der Waals surface area contributed by atoms with E-state index < -0.39 is 17.7 Å². The maximum Gasteiger partial charge on any atom is 0.137 e. The number of rotatable bonds is 2. The Kier molecular flexibility index (Phi) is 4.49. The minimum Gasteiger partial charge on any atom is -0.320 e. The number of hydrogen-bond acceptors (Lipinski definition) is 1. The second-order valence-corrected chi connectivity index (χ2v) is 6.99. The summed E-state index contributed by atoms with van der Waals surface area (Å²) in [6, 6.07) is 9.23. The van der Waals surface area contributed by atoms with Crippen LogP contribution in [-0.2, 0) is 5.41 Å². The number of hydrogen-bond donors (Lipinski definition) is 1. The van der Waals surface area contributed by atoms with Gasteiger partial charge in [-0.15, -0.1) is 0 Å². The molecule has 0 amide bonds. The van der Waals surface area contributed by atoms with Gasteiger partial charge < -0.3 is 5.73 Å². The number of halogens is 3. The summed E-state index contributed by atoms with van der Waals surface area (Å²) >= 11 is 2.96. The third-order valence-corrected chi connectivity index (χ3v) is 4.12. The molecule has 0 aromatic heterocycles. The molecule has 21 heavy (non-hydrogen) atoms. The van der Waals surface area contributed by atoms with Crippen LogP contribution in [0, 0.1) is 11.6 Å². The fourth-order valence-electron chi connectivity index (χ4n) is 2.15. The molecule has 0 saturated heterocycles. The summed E-state index contributed by atoms with van der Waals surface area (Å²) < 4.78 is 27.6. The zero-order valence-corrected chi connectivity index (χ0v) is 13.8. The van der Waals surface area contributed by atoms with Crippen LogP contribution in [0.5, 0.6) is 0 Å². The van der Waals surface area contributed by atoms with Gasteiger partial charge >= 0.3 is 0 Å². The lowest BCUT2D eigenvalue weighted by molar-refractivity contribution is 0.571. The average Bonchev–Trinajstić information content (AvgIpc) is 2.41. The first-order valence-electron chi connectivity index (χ1n) is 6.70. The number of benzene rings is 2. The Labute approximate surface area is 132 Å². The summed E-state index contributed by atoms with van der Waals surface area (Å²) in [7, 11) is 0. The first kappa shape index (κ1) is 16.1. The molecular formula is C17H18BrF2N. The van der Waals surface area contributed by atoms with Gasteiger partial charge in [0, 0.05) is 5.56 Å². The van der Waals surface area contributed by atoms with Crippen LogP contribution in [0.15, 0.2) is 40.9 Å². The first-order valence-corrected chi connectivity index (χ1v) is 7.50. The number of nitrogens with two attached hydrogens (primary N) is 1. The normalized spacial score (nSPS) is 13.3. The minimum absolute atomic E-state index is 0.0393. The lowest BCUT2D eigenvalue weighted by Crippen LogP contribution is -2.15. The minimum atomic E-state index is -0.693. The van der Waals surface area contributed by atoms with Gasteiger partial charge in [-0.1, -0.05) is 45.0 Å². The summed E-state index contributed by atoms with van der Waals surface area (Å²) in [6.07, 6.45) is 0. The van der Waals surface area contributed by atoms with E-state index in [9.17, 15) is 8.78 Å². The van der Waals surface area contributed by atoms with E-state index in [2.05, 4.69) is 36.7 Å². The molecule has 0 saturated carbocycles. The molecule has 0 aliphatic heterocycles. The molecule has 2 N–H and O–H groups in total. The van der Waals surface area contributed by atoms with Gasteiger partial charge in [0.2, 0.25) is 0 Å². The Morgan fingerprint density at radius 2 is 1.57 bits per heavy atom. The molecule has 0 fully saturated rings. The highest BCUT2D eigenvalue weighted by Crippen LogP contribution is 2.29. The molecule has 2 aromatic rings. The average molecular weight is 354 g/mol. The van der Waals surface area contributed by atoms with Gasteiger partial charge in [0.05, 0.1) is 10.5 Å². The van der Waals surface area contributed by atoms with Crippen LogP contribution in [0.4, 0.5) is 8.78 Å². The van der Waals surface area contributed by atoms with Gasteiger partial charge in [-0.2, -0.15) is 0 Å². The summed E-state index contributed by atoms with van der Waals surface area (Å²) in [5, 5.41) is 0. The van der Waals surface area contributed by atoms with Gasteiger partial charge in [-0.05, 0) is 44.6 Å². The molecule has 112 valence electrons. The Morgan fingerprint density at radius 1 is 1.00 bits per heavy atom. The fraction of sp³-hybridized carbons (Fsp3) is 0.294. The van der Waals surface area contributed by atoms with Crippen LogP contribution in [0.1, 0.15) is 43.5 Å². The second kappa shape index (κ2) is 5.85. The van der Waals surface area contributed by atoms with Gasteiger partial charge in [-0.3, -0.25) is 0 Å². The third-order valence-electron chi connectivity index (χ3n) is 3.51. The predicted octanol–water partition coefficient (Wildman–Crippen LogP) is 5.07. The van der Waals surface area contributed by atoms with E-state index in [1.54, 1.807) is 0 Å². The van der Waals surface area contributed by atoms with E-state index >= 15 is 0 Å². The molecule has 0 bridgehead atoms. The maximum atomic E-state index is 14.0. The van der Waals surface area contributed by atoms with Crippen molar-refractivity contribution in [2.24, 2.45) is 5.73 Å². The van der Waals surface area contributed by atoms with Crippen LogP contribution in [0.2, 0.25) is 0 Å². The molecule has 4 heteroatoms. The zero-order valence-electron chi connectivity index (χ0n) is 12.3. The molecule has 1 atom stereocenters. The Morgan fingerprint density at radius 3 is 2.10 bits per heavy atom. The topological polar surface area (TPSA) is 26.0 Å². The molecule has 0 heterocycles. The van der Waals surface area contributed by atoms with E-state index in [-0.39, 0.29) is 15.5 Å². The maximum absolute atomic E-state index is 14.0. The summed E-state index contributed by atoms with van der Waals surface area (Å²) in [4.78, 5) is 0. The van der Waals surface area contributed by atoms with Crippen LogP contribution in [0.3, 0.4) is 0 Å². The highest BCUT2D eigenvalue weighted by Gasteiger charge is 2.18. The SMILES string of the molecule is CC(C)(C)c1ccc(C(N)c2cc(F)c(Br)cc2F)cc1. The molecular weight excluding hydrogens is 336 g/mol. The van der Waals surface area contributed by atoms with Crippen molar-refractivity contribution in [3.63, 3.8) is 0 Å². The molecule has 0 aliphatic rings. The van der Waals surface area contributed by atoms with Crippen molar-refractivity contribution in [2.75, 3.05) is 0 Å². The van der Waals surface area contributed by atoms with Crippen molar-refractivity contribution in [3.8, 4) is 0 Å². The van der Waals surface area contributed by atoms with Gasteiger partial charge in [0.1, 0.15) is 11.6 Å². The van der Waals surface area contributed by atoms with Crippen molar-refractivity contribution < 1.29 is 8.78 Å². The quantitative estimate of drug-likeness (QED) is 0.749. The van der Waals surface area contributed by atoms with Crippen LogP contribution in [-0.4, -0.2) is 0 Å². The van der Waals surface area contributed by atoms with Crippen LogP contribution >= 0.6 is 15.9 Å². The Hall–Kier alpha value is -1.26. The lowest BCUT2D eigenvalue weighted by atomic mass is 9.86. The fourth-order valence-corrected chi connectivity index (χ4v) is 2.46. The standard InChI is InChI=1S/C17H18BrF2N/c1-17(2,3)11-6-4-10(5-7-11)16(21)12-8-15(20)13(18)9-14(12)19/h4-9,16H,21H2,1-3H3. The lowest BCUT2D eigenvalue weighted by Gasteiger charge is -2.20. The van der Waals surface area contributed by atoms with Crippen LogP contribution in [0.25, 0.3) is 0 Å². The molecule has 0 radical (unpaired) electrons. The van der Waals surface area contributed by atoms with Crippen molar-refractivity contribution in [1.29, 1.82) is 0 Å². The highest BCUT2D eigenvalue weighted by molar-refractivity contribution is 9.10. The molecule has 1 nitrogen and oxygen atoms in total. The van der Waals surface area contributed by atoms with E-state index in [0.29, 0.717) is 0 Å². The predicted molar refractivity (Wildman–Crippen MR) is 85.2 cm³/mol. The Bertz CT molecular complexity index is 645. The van der Waals surface area contributed by atoms with E-state index in [1.807, 2.05) is 24.3 Å². The smallest absolute Gasteiger partial charge is 0.137 e. The van der Waals surface area contributed by atoms with E-state index in [4.69, 9.17) is 5.73 Å². The van der Waals surface area contributed by atoms with Crippen molar-refractivity contribution in [1.82, 2.24) is 0 Å². The largest absolute Gasteiger partial charge is 0.320 e. The van der Waals surface area contributed by atoms with Gasteiger partial charge in [-0.25, -0.2) is 8.78 Å². The van der Waals surface area contributed by atoms with Gasteiger partial charge in [0.25, 0.3) is 0 Å².